The van der Waals surface area contributed by atoms with Crippen molar-refractivity contribution in [2.24, 2.45) is 7.05 Å². The molecular weight excluding hydrogens is 208 g/mol. The molecule has 0 atom stereocenters. The Hall–Kier alpha value is -1.16. The Kier molecular flexibility index (Phi) is 2.19. The van der Waals surface area contributed by atoms with E-state index in [2.05, 4.69) is 25.8 Å². The molecule has 0 fully saturated rings. The van der Waals surface area contributed by atoms with Crippen molar-refractivity contribution in [1.82, 2.24) is 9.55 Å². The van der Waals surface area contributed by atoms with Crippen molar-refractivity contribution >= 4 is 21.6 Å². The van der Waals surface area contributed by atoms with Gasteiger partial charge >= 0.3 is 0 Å². The van der Waals surface area contributed by atoms with Crippen molar-refractivity contribution < 1.29 is 0 Å². The summed E-state index contributed by atoms with van der Waals surface area (Å²) in [6.07, 6.45) is 1.76. The van der Waals surface area contributed by atoms with E-state index in [1.165, 1.54) is 11.3 Å². The van der Waals surface area contributed by atoms with Crippen molar-refractivity contribution in [2.45, 2.75) is 26.2 Å². The number of aromatic nitrogens is 2. The van der Waals surface area contributed by atoms with Crippen molar-refractivity contribution in [1.29, 1.82) is 0 Å². The summed E-state index contributed by atoms with van der Waals surface area (Å²) in [6, 6.07) is 1.89. The second-order valence-corrected chi connectivity index (χ2v) is 5.71. The van der Waals surface area contributed by atoms with Crippen LogP contribution >= 0.6 is 11.3 Å². The highest BCUT2D eigenvalue weighted by Gasteiger charge is 2.19. The number of aryl methyl sites for hydroxylation is 1. The summed E-state index contributed by atoms with van der Waals surface area (Å²) in [4.78, 5) is 16.3. The largest absolute Gasteiger partial charge is 0.317 e. The molecule has 0 unspecified atom stereocenters. The molecule has 0 aliphatic rings. The van der Waals surface area contributed by atoms with Crippen molar-refractivity contribution in [3.63, 3.8) is 0 Å². The van der Waals surface area contributed by atoms with Gasteiger partial charge in [-0.15, -0.1) is 11.3 Å². The Morgan fingerprint density at radius 3 is 2.67 bits per heavy atom. The lowest BCUT2D eigenvalue weighted by atomic mass is 9.98. The van der Waals surface area contributed by atoms with Crippen LogP contribution in [0.4, 0.5) is 0 Å². The molecule has 3 nitrogen and oxygen atoms in total. The van der Waals surface area contributed by atoms with Gasteiger partial charge in [0.05, 0.1) is 10.5 Å². The fraction of sp³-hybridized carbons (Fsp3) is 0.455. The lowest BCUT2D eigenvalue weighted by molar-refractivity contribution is 0.587. The molecule has 0 saturated carbocycles. The third-order valence-electron chi connectivity index (χ3n) is 2.27. The first-order chi connectivity index (χ1) is 6.89. The van der Waals surface area contributed by atoms with Gasteiger partial charge in [-0.3, -0.25) is 4.79 Å². The zero-order valence-corrected chi connectivity index (χ0v) is 10.2. The zero-order chi connectivity index (χ0) is 11.2. The summed E-state index contributed by atoms with van der Waals surface area (Å²) < 4.78 is 2.34. The summed E-state index contributed by atoms with van der Waals surface area (Å²) in [7, 11) is 1.76. The topological polar surface area (TPSA) is 34.9 Å². The first-order valence-electron chi connectivity index (χ1n) is 4.86. The Balaban J connectivity index is 2.78. The number of pyridine rings is 1. The van der Waals surface area contributed by atoms with Crippen LogP contribution in [0.3, 0.4) is 0 Å². The molecule has 0 amide bonds. The molecule has 2 heterocycles. The maximum absolute atomic E-state index is 11.8. The number of hydrogen-bond donors (Lipinski definition) is 0. The SMILES string of the molecule is Cn1ccc2nc(C(C)(C)C)sc2c1=O. The van der Waals surface area contributed by atoms with Crippen molar-refractivity contribution in [3.05, 3.63) is 27.6 Å². The maximum atomic E-state index is 11.8. The van der Waals surface area contributed by atoms with Gasteiger partial charge in [0, 0.05) is 18.7 Å². The number of hydrogen-bond acceptors (Lipinski definition) is 3. The summed E-state index contributed by atoms with van der Waals surface area (Å²) in [5.41, 5.74) is 0.864. The van der Waals surface area contributed by atoms with Gasteiger partial charge in [-0.2, -0.15) is 0 Å². The van der Waals surface area contributed by atoms with Gasteiger partial charge in [0.2, 0.25) is 0 Å². The predicted octanol–water partition coefficient (Wildman–Crippen LogP) is 2.29. The molecule has 0 aliphatic heterocycles. The monoisotopic (exact) mass is 222 g/mol. The predicted molar refractivity (Wildman–Crippen MR) is 63.6 cm³/mol. The van der Waals surface area contributed by atoms with Gasteiger partial charge in [0.25, 0.3) is 5.56 Å². The number of nitrogens with zero attached hydrogens (tertiary/aromatic N) is 2. The first kappa shape index (κ1) is 10.4. The van der Waals surface area contributed by atoms with Crippen LogP contribution in [0.1, 0.15) is 25.8 Å². The molecule has 4 heteroatoms. The normalized spacial score (nSPS) is 12.3. The van der Waals surface area contributed by atoms with E-state index < -0.39 is 0 Å². The minimum Gasteiger partial charge on any atom is -0.317 e. The van der Waals surface area contributed by atoms with Crippen LogP contribution in [-0.4, -0.2) is 9.55 Å². The fourth-order valence-electron chi connectivity index (χ4n) is 1.33. The smallest absolute Gasteiger partial charge is 0.269 e. The molecule has 80 valence electrons. The molecular formula is C11H14N2OS. The van der Waals surface area contributed by atoms with E-state index in [0.717, 1.165) is 15.2 Å². The van der Waals surface area contributed by atoms with Crippen LogP contribution in [0.25, 0.3) is 10.2 Å². The molecule has 2 rings (SSSR count). The molecule has 0 radical (unpaired) electrons. The quantitative estimate of drug-likeness (QED) is 0.685. The van der Waals surface area contributed by atoms with Crippen LogP contribution in [-0.2, 0) is 12.5 Å². The minimum atomic E-state index is 0.00863. The Morgan fingerprint density at radius 2 is 2.07 bits per heavy atom. The molecule has 0 bridgehead atoms. The third-order valence-corrected chi connectivity index (χ3v) is 3.75. The van der Waals surface area contributed by atoms with Crippen molar-refractivity contribution in [3.8, 4) is 0 Å². The lowest BCUT2D eigenvalue weighted by Crippen LogP contribution is -2.14. The molecule has 2 aromatic rings. The van der Waals surface area contributed by atoms with Gasteiger partial charge in [-0.1, -0.05) is 20.8 Å². The summed E-state index contributed by atoms with van der Waals surface area (Å²) >= 11 is 1.50. The highest BCUT2D eigenvalue weighted by Crippen LogP contribution is 2.29. The molecule has 0 aromatic carbocycles. The van der Waals surface area contributed by atoms with Crippen LogP contribution in [0.5, 0.6) is 0 Å². The van der Waals surface area contributed by atoms with Crippen molar-refractivity contribution in [2.75, 3.05) is 0 Å². The Labute approximate surface area is 92.4 Å². The molecule has 0 N–H and O–H groups in total. The minimum absolute atomic E-state index is 0.00863. The van der Waals surface area contributed by atoms with Gasteiger partial charge in [-0.25, -0.2) is 4.98 Å². The van der Waals surface area contributed by atoms with E-state index in [-0.39, 0.29) is 11.0 Å². The zero-order valence-electron chi connectivity index (χ0n) is 9.37. The molecule has 0 saturated heterocycles. The van der Waals surface area contributed by atoms with E-state index in [9.17, 15) is 4.79 Å². The van der Waals surface area contributed by atoms with E-state index in [1.807, 2.05) is 6.07 Å². The highest BCUT2D eigenvalue weighted by molar-refractivity contribution is 7.18. The standard InChI is InChI=1S/C11H14N2OS/c1-11(2,3)10-12-7-5-6-13(4)9(14)8(7)15-10/h5-6H,1-4H3. The second-order valence-electron chi connectivity index (χ2n) is 4.72. The average Bonchev–Trinajstić information content (AvgIpc) is 2.55. The lowest BCUT2D eigenvalue weighted by Gasteiger charge is -2.13. The molecule has 2 aromatic heterocycles. The van der Waals surface area contributed by atoms with E-state index in [1.54, 1.807) is 17.8 Å². The van der Waals surface area contributed by atoms with Crippen LogP contribution in [0.15, 0.2) is 17.1 Å². The Morgan fingerprint density at radius 1 is 1.40 bits per heavy atom. The average molecular weight is 222 g/mol. The molecule has 0 aliphatic carbocycles. The van der Waals surface area contributed by atoms with Crippen LogP contribution < -0.4 is 5.56 Å². The van der Waals surface area contributed by atoms with Crippen LogP contribution in [0, 0.1) is 0 Å². The van der Waals surface area contributed by atoms with E-state index in [4.69, 9.17) is 0 Å². The first-order valence-corrected chi connectivity index (χ1v) is 5.68. The van der Waals surface area contributed by atoms with Gasteiger partial charge < -0.3 is 4.57 Å². The van der Waals surface area contributed by atoms with Crippen LogP contribution in [0.2, 0.25) is 0 Å². The number of thiazole rings is 1. The summed E-state index contributed by atoms with van der Waals surface area (Å²) in [5, 5.41) is 1.01. The van der Waals surface area contributed by atoms with E-state index in [0.29, 0.717) is 0 Å². The van der Waals surface area contributed by atoms with Gasteiger partial charge in [-0.05, 0) is 6.07 Å². The molecule has 0 spiro atoms. The highest BCUT2D eigenvalue weighted by atomic mass is 32.1. The molecule has 15 heavy (non-hydrogen) atoms. The second kappa shape index (κ2) is 3.17. The number of fused-ring (bicyclic) bond motifs is 1. The number of rotatable bonds is 0. The third kappa shape index (κ3) is 1.69. The fourth-order valence-corrected chi connectivity index (χ4v) is 2.42. The van der Waals surface area contributed by atoms with E-state index >= 15 is 0 Å². The van der Waals surface area contributed by atoms with Gasteiger partial charge in [0.1, 0.15) is 4.70 Å². The van der Waals surface area contributed by atoms with Gasteiger partial charge in [0.15, 0.2) is 0 Å². The maximum Gasteiger partial charge on any atom is 0.269 e. The Bertz CT molecular complexity index is 560. The summed E-state index contributed by atoms with van der Waals surface area (Å²) in [5.74, 6) is 0. The summed E-state index contributed by atoms with van der Waals surface area (Å²) in [6.45, 7) is 6.32.